The van der Waals surface area contributed by atoms with Crippen molar-refractivity contribution in [3.8, 4) is 5.75 Å². The van der Waals surface area contributed by atoms with E-state index in [-0.39, 0.29) is 5.97 Å². The zero-order chi connectivity index (χ0) is 16.8. The van der Waals surface area contributed by atoms with Crippen LogP contribution in [0.15, 0.2) is 24.3 Å². The Hall–Kier alpha value is -2.14. The number of nitrogens with zero attached hydrogens (tertiary/aromatic N) is 2. The number of halogens is 1. The van der Waals surface area contributed by atoms with Crippen LogP contribution in [-0.2, 0) is 11.2 Å². The summed E-state index contributed by atoms with van der Waals surface area (Å²) in [6, 6.07) is 7.85. The van der Waals surface area contributed by atoms with Gasteiger partial charge in [-0.1, -0.05) is 23.7 Å². The molecular weight excluding hydrogens is 314 g/mol. The Morgan fingerprint density at radius 1 is 1.17 bits per heavy atom. The summed E-state index contributed by atoms with van der Waals surface area (Å²) < 4.78 is 5.12. The van der Waals surface area contributed by atoms with Gasteiger partial charge in [0.05, 0.1) is 11.4 Å². The molecule has 0 unspecified atom stereocenters. The summed E-state index contributed by atoms with van der Waals surface area (Å²) in [5, 5.41) is 3.95. The highest BCUT2D eigenvalue weighted by Crippen LogP contribution is 2.21. The molecule has 122 valence electrons. The Morgan fingerprint density at radius 3 is 2.35 bits per heavy atom. The molecule has 1 aromatic heterocycles. The number of carbonyl (C=O) groups is 1. The summed E-state index contributed by atoms with van der Waals surface area (Å²) in [4.78, 5) is 19.7. The largest absolute Gasteiger partial charge is 0.423 e. The number of aromatic nitrogens is 2. The van der Waals surface area contributed by atoms with Crippen LogP contribution in [0.2, 0.25) is 5.02 Å². The zero-order valence-corrected chi connectivity index (χ0v) is 14.3. The number of nitrogens with one attached hydrogen (secondary N) is 1. The maximum absolute atomic E-state index is 11.1. The number of rotatable bonds is 6. The Labute approximate surface area is 141 Å². The van der Waals surface area contributed by atoms with Crippen LogP contribution in [0.4, 0.5) is 5.95 Å². The molecule has 0 saturated carbocycles. The van der Waals surface area contributed by atoms with Gasteiger partial charge in [0.15, 0.2) is 5.75 Å². The van der Waals surface area contributed by atoms with Crippen LogP contribution in [0, 0.1) is 13.8 Å². The van der Waals surface area contributed by atoms with Gasteiger partial charge < -0.3 is 10.1 Å². The molecule has 23 heavy (non-hydrogen) atoms. The standard InChI is InChI=1S/C17H20ClN3O2/c1-11-16(23-13(3)22)12(2)21-17(20-11)19-10-4-5-14-6-8-15(18)9-7-14/h6-9H,4-5,10H2,1-3H3,(H,19,20,21). The molecule has 1 heterocycles. The molecule has 0 atom stereocenters. The Bertz CT molecular complexity index is 664. The van der Waals surface area contributed by atoms with Gasteiger partial charge in [-0.25, -0.2) is 9.97 Å². The predicted molar refractivity (Wildman–Crippen MR) is 91.1 cm³/mol. The van der Waals surface area contributed by atoms with Crippen molar-refractivity contribution in [2.45, 2.75) is 33.6 Å². The second-order valence-corrected chi connectivity index (χ2v) is 5.73. The minimum atomic E-state index is -0.372. The average molecular weight is 334 g/mol. The fraction of sp³-hybridized carbons (Fsp3) is 0.353. The summed E-state index contributed by atoms with van der Waals surface area (Å²) in [6.45, 7) is 5.72. The molecule has 2 rings (SSSR count). The fourth-order valence-corrected chi connectivity index (χ4v) is 2.35. The first-order chi connectivity index (χ1) is 11.0. The highest BCUT2D eigenvalue weighted by Gasteiger charge is 2.11. The Kier molecular flexibility index (Phi) is 5.93. The first kappa shape index (κ1) is 17.2. The van der Waals surface area contributed by atoms with Crippen molar-refractivity contribution < 1.29 is 9.53 Å². The molecule has 0 aliphatic heterocycles. The summed E-state index contributed by atoms with van der Waals surface area (Å²) in [7, 11) is 0. The number of hydrogen-bond donors (Lipinski definition) is 1. The van der Waals surface area contributed by atoms with Gasteiger partial charge in [0, 0.05) is 18.5 Å². The molecule has 0 radical (unpaired) electrons. The molecule has 0 spiro atoms. The number of carbonyl (C=O) groups excluding carboxylic acids is 1. The molecular formula is C17H20ClN3O2. The molecule has 5 nitrogen and oxygen atoms in total. The third-order valence-electron chi connectivity index (χ3n) is 3.29. The van der Waals surface area contributed by atoms with Crippen LogP contribution in [0.25, 0.3) is 0 Å². The molecule has 6 heteroatoms. The predicted octanol–water partition coefficient (Wildman–Crippen LogP) is 3.72. The summed E-state index contributed by atoms with van der Waals surface area (Å²) in [6.07, 6.45) is 1.91. The number of aryl methyl sites for hydroxylation is 3. The average Bonchev–Trinajstić information content (AvgIpc) is 2.49. The van der Waals surface area contributed by atoms with Crippen molar-refractivity contribution in [1.82, 2.24) is 9.97 Å². The van der Waals surface area contributed by atoms with Crippen LogP contribution < -0.4 is 10.1 Å². The highest BCUT2D eigenvalue weighted by molar-refractivity contribution is 6.30. The van der Waals surface area contributed by atoms with Gasteiger partial charge in [0.1, 0.15) is 0 Å². The normalized spacial score (nSPS) is 10.4. The van der Waals surface area contributed by atoms with E-state index in [9.17, 15) is 4.79 Å². The topological polar surface area (TPSA) is 64.1 Å². The molecule has 0 aliphatic rings. The lowest BCUT2D eigenvalue weighted by atomic mass is 10.1. The van der Waals surface area contributed by atoms with Gasteiger partial charge in [-0.15, -0.1) is 0 Å². The number of benzene rings is 1. The highest BCUT2D eigenvalue weighted by atomic mass is 35.5. The van der Waals surface area contributed by atoms with Crippen molar-refractivity contribution in [3.63, 3.8) is 0 Å². The Balaban J connectivity index is 1.88. The van der Waals surface area contributed by atoms with Crippen LogP contribution in [0.3, 0.4) is 0 Å². The second kappa shape index (κ2) is 7.92. The van der Waals surface area contributed by atoms with Gasteiger partial charge in [-0.05, 0) is 44.4 Å². The van der Waals surface area contributed by atoms with Crippen molar-refractivity contribution >= 4 is 23.5 Å². The van der Waals surface area contributed by atoms with Gasteiger partial charge in [-0.2, -0.15) is 0 Å². The van der Waals surface area contributed by atoms with E-state index < -0.39 is 0 Å². The van der Waals surface area contributed by atoms with Crippen molar-refractivity contribution in [3.05, 3.63) is 46.2 Å². The maximum atomic E-state index is 11.1. The van der Waals surface area contributed by atoms with Gasteiger partial charge in [-0.3, -0.25) is 4.79 Å². The lowest BCUT2D eigenvalue weighted by molar-refractivity contribution is -0.132. The third kappa shape index (κ3) is 5.21. The van der Waals surface area contributed by atoms with E-state index in [4.69, 9.17) is 16.3 Å². The number of esters is 1. The van der Waals surface area contributed by atoms with E-state index in [2.05, 4.69) is 15.3 Å². The quantitative estimate of drug-likeness (QED) is 0.644. The van der Waals surface area contributed by atoms with Gasteiger partial charge >= 0.3 is 5.97 Å². The summed E-state index contributed by atoms with van der Waals surface area (Å²) in [5.74, 6) is 0.611. The number of hydrogen-bond acceptors (Lipinski definition) is 5. The molecule has 0 amide bonds. The third-order valence-corrected chi connectivity index (χ3v) is 3.54. The fourth-order valence-electron chi connectivity index (χ4n) is 2.22. The summed E-state index contributed by atoms with van der Waals surface area (Å²) >= 11 is 5.87. The van der Waals surface area contributed by atoms with Crippen molar-refractivity contribution in [2.24, 2.45) is 0 Å². The lowest BCUT2D eigenvalue weighted by Crippen LogP contribution is -2.11. The van der Waals surface area contributed by atoms with Crippen molar-refractivity contribution in [1.29, 1.82) is 0 Å². The van der Waals surface area contributed by atoms with Gasteiger partial charge in [0.25, 0.3) is 0 Å². The first-order valence-electron chi connectivity index (χ1n) is 7.47. The minimum absolute atomic E-state index is 0.372. The van der Waals surface area contributed by atoms with Crippen LogP contribution >= 0.6 is 11.6 Å². The number of ether oxygens (including phenoxy) is 1. The molecule has 0 aliphatic carbocycles. The summed E-state index contributed by atoms with van der Waals surface area (Å²) in [5.41, 5.74) is 2.54. The monoisotopic (exact) mass is 333 g/mol. The van der Waals surface area contributed by atoms with Crippen LogP contribution in [-0.4, -0.2) is 22.5 Å². The van der Waals surface area contributed by atoms with E-state index in [0.29, 0.717) is 23.1 Å². The molecule has 0 fully saturated rings. The Morgan fingerprint density at radius 2 is 1.78 bits per heavy atom. The van der Waals surface area contributed by atoms with E-state index in [1.54, 1.807) is 13.8 Å². The lowest BCUT2D eigenvalue weighted by Gasteiger charge is -2.11. The second-order valence-electron chi connectivity index (χ2n) is 5.30. The molecule has 1 N–H and O–H groups in total. The molecule has 1 aromatic carbocycles. The smallest absolute Gasteiger partial charge is 0.308 e. The van der Waals surface area contributed by atoms with E-state index >= 15 is 0 Å². The first-order valence-corrected chi connectivity index (χ1v) is 7.85. The maximum Gasteiger partial charge on any atom is 0.308 e. The van der Waals surface area contributed by atoms with Gasteiger partial charge in [0.2, 0.25) is 5.95 Å². The van der Waals surface area contributed by atoms with Crippen molar-refractivity contribution in [2.75, 3.05) is 11.9 Å². The molecule has 2 aromatic rings. The zero-order valence-electron chi connectivity index (χ0n) is 13.5. The van der Waals surface area contributed by atoms with E-state index in [1.165, 1.54) is 12.5 Å². The molecule has 0 saturated heterocycles. The van der Waals surface area contributed by atoms with E-state index in [0.717, 1.165) is 24.4 Å². The van der Waals surface area contributed by atoms with E-state index in [1.807, 2.05) is 24.3 Å². The van der Waals surface area contributed by atoms with Crippen LogP contribution in [0.1, 0.15) is 30.3 Å². The number of anilines is 1. The molecule has 0 bridgehead atoms. The SMILES string of the molecule is CC(=O)Oc1c(C)nc(NCCCc2ccc(Cl)cc2)nc1C. The van der Waals surface area contributed by atoms with Crippen LogP contribution in [0.5, 0.6) is 5.75 Å². The minimum Gasteiger partial charge on any atom is -0.423 e.